The lowest BCUT2D eigenvalue weighted by atomic mass is 10.2. The largest absolute Gasteiger partial charge is 0.505 e. The van der Waals surface area contributed by atoms with Crippen LogP contribution in [0, 0.1) is 5.82 Å². The molecule has 0 aliphatic carbocycles. The molecule has 0 spiro atoms. The van der Waals surface area contributed by atoms with Crippen LogP contribution >= 0.6 is 0 Å². The molecule has 0 aromatic heterocycles. The Morgan fingerprint density at radius 2 is 2.12 bits per heavy atom. The summed E-state index contributed by atoms with van der Waals surface area (Å²) < 4.78 is 12.9. The summed E-state index contributed by atoms with van der Waals surface area (Å²) in [6, 6.07) is 2.02. The number of anilines is 1. The Hall–Kier alpha value is -2.15. The second kappa shape index (κ2) is 5.26. The van der Waals surface area contributed by atoms with Gasteiger partial charge in [-0.05, 0) is 12.1 Å². The van der Waals surface area contributed by atoms with Crippen molar-refractivity contribution in [2.75, 3.05) is 5.32 Å². The van der Waals surface area contributed by atoms with Gasteiger partial charge >= 0.3 is 5.97 Å². The molecule has 0 saturated carbocycles. The van der Waals surface area contributed by atoms with Crippen LogP contribution in [0.1, 0.15) is 6.42 Å². The molecule has 0 aliphatic rings. The average molecular weight is 242 g/mol. The van der Waals surface area contributed by atoms with Gasteiger partial charge in [-0.25, -0.2) is 4.39 Å². The third-order valence-corrected chi connectivity index (χ3v) is 1.95. The van der Waals surface area contributed by atoms with E-state index in [1.807, 2.05) is 0 Å². The number of hydrogen-bond donors (Lipinski definition) is 4. The third-order valence-electron chi connectivity index (χ3n) is 1.95. The number of halogens is 1. The Morgan fingerprint density at radius 3 is 2.65 bits per heavy atom. The van der Waals surface area contributed by atoms with Crippen LogP contribution in [0.15, 0.2) is 18.2 Å². The van der Waals surface area contributed by atoms with Gasteiger partial charge in [-0.3, -0.25) is 9.59 Å². The Balaban J connectivity index is 2.67. The Kier molecular flexibility index (Phi) is 4.00. The van der Waals surface area contributed by atoms with Crippen molar-refractivity contribution < 1.29 is 24.2 Å². The smallest absolute Gasteiger partial charge is 0.305 e. The highest BCUT2D eigenvalue weighted by Gasteiger charge is 2.17. The van der Waals surface area contributed by atoms with E-state index in [1.54, 1.807) is 0 Å². The molecule has 1 aromatic carbocycles. The summed E-state index contributed by atoms with van der Waals surface area (Å²) in [5, 5.41) is 19.6. The molecule has 0 aliphatic heterocycles. The van der Waals surface area contributed by atoms with Gasteiger partial charge < -0.3 is 21.3 Å². The standard InChI is InChI=1S/C10H11FN2O4/c11-6-3-5(1-2-8(6)14)13-10(17)7(12)4-9(15)16/h1-3,7,14H,4,12H2,(H,13,17)(H,15,16). The summed E-state index contributed by atoms with van der Waals surface area (Å²) >= 11 is 0. The fourth-order valence-electron chi connectivity index (χ4n) is 1.10. The van der Waals surface area contributed by atoms with Gasteiger partial charge in [0.1, 0.15) is 0 Å². The predicted molar refractivity (Wildman–Crippen MR) is 56.9 cm³/mol. The molecule has 1 unspecified atom stereocenters. The normalized spacial score (nSPS) is 11.9. The molecule has 5 N–H and O–H groups in total. The minimum Gasteiger partial charge on any atom is -0.505 e. The van der Waals surface area contributed by atoms with Gasteiger partial charge in [0.2, 0.25) is 5.91 Å². The lowest BCUT2D eigenvalue weighted by Gasteiger charge is -2.10. The number of carboxylic acid groups (broad SMARTS) is 1. The van der Waals surface area contributed by atoms with E-state index in [9.17, 15) is 14.0 Å². The van der Waals surface area contributed by atoms with Gasteiger partial charge in [0.25, 0.3) is 0 Å². The van der Waals surface area contributed by atoms with Crippen LogP contribution in [0.4, 0.5) is 10.1 Å². The van der Waals surface area contributed by atoms with Crippen LogP contribution in [-0.2, 0) is 9.59 Å². The van der Waals surface area contributed by atoms with Crippen molar-refractivity contribution in [2.45, 2.75) is 12.5 Å². The third kappa shape index (κ3) is 3.72. The molecule has 0 saturated heterocycles. The molecule has 17 heavy (non-hydrogen) atoms. The van der Waals surface area contributed by atoms with E-state index in [1.165, 1.54) is 6.07 Å². The van der Waals surface area contributed by atoms with Gasteiger partial charge in [-0.2, -0.15) is 0 Å². The van der Waals surface area contributed by atoms with Gasteiger partial charge in [0, 0.05) is 11.8 Å². The van der Waals surface area contributed by atoms with Crippen molar-refractivity contribution in [3.63, 3.8) is 0 Å². The molecule has 0 heterocycles. The van der Waals surface area contributed by atoms with Crippen LogP contribution in [0.5, 0.6) is 5.75 Å². The average Bonchev–Trinajstić information content (AvgIpc) is 2.22. The number of nitrogens with two attached hydrogens (primary N) is 1. The minimum atomic E-state index is -1.22. The summed E-state index contributed by atoms with van der Waals surface area (Å²) in [6.07, 6.45) is -0.521. The first kappa shape index (κ1) is 12.9. The number of rotatable bonds is 4. The zero-order valence-corrected chi connectivity index (χ0v) is 8.68. The first-order valence-corrected chi connectivity index (χ1v) is 4.67. The van der Waals surface area contributed by atoms with Crippen molar-refractivity contribution in [3.8, 4) is 5.75 Å². The summed E-state index contributed by atoms with van der Waals surface area (Å²) in [6.45, 7) is 0. The maximum Gasteiger partial charge on any atom is 0.305 e. The number of carbonyl (C=O) groups is 2. The summed E-state index contributed by atoms with van der Waals surface area (Å²) in [4.78, 5) is 21.7. The van der Waals surface area contributed by atoms with Gasteiger partial charge in [-0.15, -0.1) is 0 Å². The Bertz CT molecular complexity index is 450. The predicted octanol–water partition coefficient (Wildman–Crippen LogP) is 0.272. The molecule has 1 amide bonds. The van der Waals surface area contributed by atoms with Crippen LogP contribution in [0.25, 0.3) is 0 Å². The topological polar surface area (TPSA) is 113 Å². The Labute approximate surface area is 95.9 Å². The number of benzene rings is 1. The van der Waals surface area contributed by atoms with E-state index in [2.05, 4.69) is 5.32 Å². The van der Waals surface area contributed by atoms with Crippen molar-refractivity contribution >= 4 is 17.6 Å². The summed E-state index contributed by atoms with van der Waals surface area (Å²) in [5.74, 6) is -3.38. The Morgan fingerprint density at radius 1 is 1.47 bits per heavy atom. The summed E-state index contributed by atoms with van der Waals surface area (Å²) in [5.41, 5.74) is 5.39. The van der Waals surface area contributed by atoms with E-state index in [0.29, 0.717) is 0 Å². The van der Waals surface area contributed by atoms with E-state index in [4.69, 9.17) is 15.9 Å². The van der Waals surface area contributed by atoms with Crippen LogP contribution in [0.2, 0.25) is 0 Å². The number of amides is 1. The van der Waals surface area contributed by atoms with Crippen LogP contribution < -0.4 is 11.1 Å². The number of aromatic hydroxyl groups is 1. The highest BCUT2D eigenvalue weighted by Crippen LogP contribution is 2.19. The van der Waals surface area contributed by atoms with Crippen molar-refractivity contribution in [2.24, 2.45) is 5.73 Å². The van der Waals surface area contributed by atoms with Crippen molar-refractivity contribution in [3.05, 3.63) is 24.0 Å². The zero-order valence-electron chi connectivity index (χ0n) is 8.68. The highest BCUT2D eigenvalue weighted by molar-refractivity contribution is 5.96. The molecule has 7 heteroatoms. The number of carboxylic acids is 1. The first-order chi connectivity index (χ1) is 7.90. The lowest BCUT2D eigenvalue weighted by molar-refractivity contribution is -0.138. The second-order valence-corrected chi connectivity index (χ2v) is 3.36. The minimum absolute atomic E-state index is 0.0890. The number of carbonyl (C=O) groups excluding carboxylic acids is 1. The van der Waals surface area contributed by atoms with Crippen molar-refractivity contribution in [1.82, 2.24) is 0 Å². The van der Waals surface area contributed by atoms with Gasteiger partial charge in [0.15, 0.2) is 11.6 Å². The maximum atomic E-state index is 12.9. The monoisotopic (exact) mass is 242 g/mol. The fraction of sp³-hybridized carbons (Fsp3) is 0.200. The van der Waals surface area contributed by atoms with Crippen LogP contribution in [-0.4, -0.2) is 28.1 Å². The van der Waals surface area contributed by atoms with E-state index >= 15 is 0 Å². The fourth-order valence-corrected chi connectivity index (χ4v) is 1.10. The van der Waals surface area contributed by atoms with E-state index in [-0.39, 0.29) is 5.69 Å². The maximum absolute atomic E-state index is 12.9. The molecule has 0 radical (unpaired) electrons. The van der Waals surface area contributed by atoms with Gasteiger partial charge in [0.05, 0.1) is 12.5 Å². The number of nitrogens with one attached hydrogen (secondary N) is 1. The zero-order chi connectivity index (χ0) is 13.0. The molecular weight excluding hydrogens is 231 g/mol. The summed E-state index contributed by atoms with van der Waals surface area (Å²) in [7, 11) is 0. The van der Waals surface area contributed by atoms with Crippen LogP contribution in [0.3, 0.4) is 0 Å². The number of phenolic OH excluding ortho intramolecular Hbond substituents is 1. The van der Waals surface area contributed by atoms with Gasteiger partial charge in [-0.1, -0.05) is 0 Å². The number of aliphatic carboxylic acids is 1. The number of hydrogen-bond acceptors (Lipinski definition) is 4. The number of phenols is 1. The van der Waals surface area contributed by atoms with Crippen molar-refractivity contribution in [1.29, 1.82) is 0 Å². The van der Waals surface area contributed by atoms with E-state index < -0.39 is 35.9 Å². The molecule has 1 atom stereocenters. The molecule has 1 rings (SSSR count). The molecule has 1 aromatic rings. The van der Waals surface area contributed by atoms with E-state index in [0.717, 1.165) is 12.1 Å². The molecule has 0 bridgehead atoms. The molecule has 6 nitrogen and oxygen atoms in total. The lowest BCUT2D eigenvalue weighted by Crippen LogP contribution is -2.37. The molecule has 92 valence electrons. The second-order valence-electron chi connectivity index (χ2n) is 3.36. The molecular formula is C10H11FN2O4. The molecule has 0 fully saturated rings. The SMILES string of the molecule is NC(CC(=O)O)C(=O)Nc1ccc(O)c(F)c1. The first-order valence-electron chi connectivity index (χ1n) is 4.67. The highest BCUT2D eigenvalue weighted by atomic mass is 19.1. The quantitative estimate of drug-likeness (QED) is 0.566.